The van der Waals surface area contributed by atoms with E-state index in [1.54, 1.807) is 18.0 Å². The maximum Gasteiger partial charge on any atom is 0.225 e. The molecule has 3 rings (SSSR count). The molecular weight excluding hydrogens is 244 g/mol. The lowest BCUT2D eigenvalue weighted by Crippen LogP contribution is -1.96. The van der Waals surface area contributed by atoms with Gasteiger partial charge < -0.3 is 0 Å². The van der Waals surface area contributed by atoms with Gasteiger partial charge in [-0.15, -0.1) is 11.8 Å². The molecule has 6 heteroatoms. The zero-order chi connectivity index (χ0) is 11.0. The van der Waals surface area contributed by atoms with E-state index in [9.17, 15) is 0 Å². The van der Waals surface area contributed by atoms with Crippen LogP contribution in [0.1, 0.15) is 25.7 Å². The molecule has 84 valence electrons. The Morgan fingerprint density at radius 3 is 2.94 bits per heavy atom. The zero-order valence-corrected chi connectivity index (χ0v) is 10.2. The number of hydrogen-bond acceptors (Lipinski definition) is 4. The molecule has 1 aliphatic carbocycles. The van der Waals surface area contributed by atoms with E-state index in [-0.39, 0.29) is 5.28 Å². The van der Waals surface area contributed by atoms with Crippen LogP contribution < -0.4 is 0 Å². The quantitative estimate of drug-likeness (QED) is 0.661. The second kappa shape index (κ2) is 4.22. The van der Waals surface area contributed by atoms with Gasteiger partial charge in [-0.05, 0) is 24.4 Å². The number of nitrogens with one attached hydrogen (secondary N) is 1. The molecule has 2 aromatic rings. The summed E-state index contributed by atoms with van der Waals surface area (Å²) >= 11 is 7.69. The van der Waals surface area contributed by atoms with E-state index in [0.717, 1.165) is 16.1 Å². The molecule has 0 radical (unpaired) electrons. The van der Waals surface area contributed by atoms with E-state index in [0.29, 0.717) is 5.25 Å². The molecule has 1 fully saturated rings. The number of H-pyrrole nitrogens is 1. The predicted octanol–water partition coefficient (Wildman–Crippen LogP) is 3.04. The minimum Gasteiger partial charge on any atom is -0.261 e. The van der Waals surface area contributed by atoms with Crippen LogP contribution in [-0.4, -0.2) is 25.4 Å². The number of nitrogens with zero attached hydrogens (tertiary/aromatic N) is 3. The Balaban J connectivity index is 1.97. The molecule has 0 bridgehead atoms. The van der Waals surface area contributed by atoms with Crippen LogP contribution in [0.3, 0.4) is 0 Å². The second-order valence-corrected chi connectivity index (χ2v) is 5.58. The fraction of sp³-hybridized carbons (Fsp3) is 0.500. The third-order valence-corrected chi connectivity index (χ3v) is 4.34. The third-order valence-electron chi connectivity index (χ3n) is 2.83. The zero-order valence-electron chi connectivity index (χ0n) is 8.61. The lowest BCUT2D eigenvalue weighted by Gasteiger charge is -2.08. The van der Waals surface area contributed by atoms with E-state index >= 15 is 0 Å². The second-order valence-electron chi connectivity index (χ2n) is 3.95. The van der Waals surface area contributed by atoms with Gasteiger partial charge in [0.05, 0.1) is 11.6 Å². The van der Waals surface area contributed by atoms with Crippen molar-refractivity contribution >= 4 is 34.4 Å². The highest BCUT2D eigenvalue weighted by Crippen LogP contribution is 2.36. The summed E-state index contributed by atoms with van der Waals surface area (Å²) in [6.07, 6.45) is 6.95. The summed E-state index contributed by atoms with van der Waals surface area (Å²) < 4.78 is 0. The number of aromatic amines is 1. The van der Waals surface area contributed by atoms with E-state index in [2.05, 4.69) is 20.2 Å². The summed E-state index contributed by atoms with van der Waals surface area (Å²) in [5.74, 6) is 0. The van der Waals surface area contributed by atoms with Crippen molar-refractivity contribution in [1.82, 2.24) is 20.2 Å². The van der Waals surface area contributed by atoms with E-state index in [1.165, 1.54) is 25.7 Å². The first kappa shape index (κ1) is 10.4. The van der Waals surface area contributed by atoms with Gasteiger partial charge in [-0.1, -0.05) is 12.8 Å². The Bertz CT molecular complexity index is 506. The molecule has 1 saturated carbocycles. The fourth-order valence-electron chi connectivity index (χ4n) is 2.04. The summed E-state index contributed by atoms with van der Waals surface area (Å²) in [6, 6.07) is 0. The van der Waals surface area contributed by atoms with Gasteiger partial charge in [0.25, 0.3) is 0 Å². The molecule has 0 saturated heterocycles. The summed E-state index contributed by atoms with van der Waals surface area (Å²) in [6.45, 7) is 0. The Morgan fingerprint density at radius 1 is 1.31 bits per heavy atom. The third kappa shape index (κ3) is 1.89. The predicted molar refractivity (Wildman–Crippen MR) is 64.8 cm³/mol. The van der Waals surface area contributed by atoms with Crippen molar-refractivity contribution in [3.05, 3.63) is 11.5 Å². The number of hydrogen-bond donors (Lipinski definition) is 1. The monoisotopic (exact) mass is 254 g/mol. The lowest BCUT2D eigenvalue weighted by atomic mass is 10.4. The number of thioether (sulfide) groups is 1. The van der Waals surface area contributed by atoms with E-state index in [1.807, 2.05) is 0 Å². The van der Waals surface area contributed by atoms with Crippen LogP contribution in [0.25, 0.3) is 11.0 Å². The molecule has 0 spiro atoms. The first-order chi connectivity index (χ1) is 7.83. The number of fused-ring (bicyclic) bond motifs is 1. The molecular formula is C10H11ClN4S. The van der Waals surface area contributed by atoms with Crippen LogP contribution in [0.5, 0.6) is 0 Å². The van der Waals surface area contributed by atoms with Gasteiger partial charge in [0, 0.05) is 5.25 Å². The Hall–Kier alpha value is -0.810. The largest absolute Gasteiger partial charge is 0.261 e. The van der Waals surface area contributed by atoms with Gasteiger partial charge in [-0.25, -0.2) is 4.98 Å². The van der Waals surface area contributed by atoms with Gasteiger partial charge in [-0.3, -0.25) is 5.10 Å². The van der Waals surface area contributed by atoms with Crippen LogP contribution in [-0.2, 0) is 0 Å². The molecule has 0 aromatic carbocycles. The first-order valence-corrected chi connectivity index (χ1v) is 6.62. The van der Waals surface area contributed by atoms with Crippen LogP contribution in [0.2, 0.25) is 5.28 Å². The highest BCUT2D eigenvalue weighted by molar-refractivity contribution is 8.00. The normalized spacial score (nSPS) is 17.3. The van der Waals surface area contributed by atoms with Crippen molar-refractivity contribution in [3.63, 3.8) is 0 Å². The molecule has 4 nitrogen and oxygen atoms in total. The summed E-state index contributed by atoms with van der Waals surface area (Å²) in [7, 11) is 0. The van der Waals surface area contributed by atoms with Crippen molar-refractivity contribution < 1.29 is 0 Å². The van der Waals surface area contributed by atoms with E-state index < -0.39 is 0 Å². The Kier molecular flexibility index (Phi) is 2.73. The van der Waals surface area contributed by atoms with Gasteiger partial charge >= 0.3 is 0 Å². The number of rotatable bonds is 2. The van der Waals surface area contributed by atoms with Gasteiger partial charge in [0.1, 0.15) is 5.03 Å². The van der Waals surface area contributed by atoms with Crippen molar-refractivity contribution in [2.75, 3.05) is 0 Å². The molecule has 2 aromatic heterocycles. The topological polar surface area (TPSA) is 54.5 Å². The minimum absolute atomic E-state index is 0.289. The molecule has 1 N–H and O–H groups in total. The van der Waals surface area contributed by atoms with Crippen molar-refractivity contribution in [2.24, 2.45) is 0 Å². The van der Waals surface area contributed by atoms with Gasteiger partial charge in [0.15, 0.2) is 5.65 Å². The average Bonchev–Trinajstić information content (AvgIpc) is 2.87. The summed E-state index contributed by atoms with van der Waals surface area (Å²) in [5, 5.41) is 9.69. The first-order valence-electron chi connectivity index (χ1n) is 5.36. The van der Waals surface area contributed by atoms with E-state index in [4.69, 9.17) is 11.6 Å². The highest BCUT2D eigenvalue weighted by atomic mass is 35.5. The molecule has 2 heterocycles. The molecule has 1 aliphatic rings. The molecule has 0 amide bonds. The maximum absolute atomic E-state index is 5.88. The van der Waals surface area contributed by atoms with Gasteiger partial charge in [0.2, 0.25) is 5.28 Å². The summed E-state index contributed by atoms with van der Waals surface area (Å²) in [5.41, 5.74) is 0.723. The Morgan fingerprint density at radius 2 is 2.12 bits per heavy atom. The molecule has 0 unspecified atom stereocenters. The fourth-order valence-corrected chi connectivity index (χ4v) is 3.56. The Labute approximate surface area is 102 Å². The smallest absolute Gasteiger partial charge is 0.225 e. The van der Waals surface area contributed by atoms with Crippen molar-refractivity contribution in [3.8, 4) is 0 Å². The van der Waals surface area contributed by atoms with Crippen LogP contribution >= 0.6 is 23.4 Å². The minimum atomic E-state index is 0.289. The van der Waals surface area contributed by atoms with Gasteiger partial charge in [-0.2, -0.15) is 10.1 Å². The SMILES string of the molecule is Clc1nc(SC2CCCC2)c2cn[nH]c2n1. The molecule has 0 aliphatic heterocycles. The lowest BCUT2D eigenvalue weighted by molar-refractivity contribution is 0.886. The van der Waals surface area contributed by atoms with Crippen LogP contribution in [0, 0.1) is 0 Å². The average molecular weight is 255 g/mol. The standard InChI is InChI=1S/C10H11ClN4S/c11-10-13-8-7(5-12-15-8)9(14-10)16-6-3-1-2-4-6/h5-6H,1-4H2,(H,12,13,14,15). The number of aromatic nitrogens is 4. The van der Waals surface area contributed by atoms with Crippen molar-refractivity contribution in [2.45, 2.75) is 36.0 Å². The molecule has 0 atom stereocenters. The summed E-state index contributed by atoms with van der Waals surface area (Å²) in [4.78, 5) is 8.39. The molecule has 16 heavy (non-hydrogen) atoms. The van der Waals surface area contributed by atoms with Crippen molar-refractivity contribution in [1.29, 1.82) is 0 Å². The number of halogens is 1. The highest BCUT2D eigenvalue weighted by Gasteiger charge is 2.19. The maximum atomic E-state index is 5.88. The van der Waals surface area contributed by atoms with Crippen LogP contribution in [0.4, 0.5) is 0 Å². The van der Waals surface area contributed by atoms with Crippen LogP contribution in [0.15, 0.2) is 11.2 Å².